The first-order valence-corrected chi connectivity index (χ1v) is 4.36. The van der Waals surface area contributed by atoms with Crippen LogP contribution in [-0.4, -0.2) is 23.2 Å². The normalized spacial score (nSPS) is 11.7. The molecule has 0 amide bonds. The van der Waals surface area contributed by atoms with Crippen molar-refractivity contribution in [1.29, 1.82) is 0 Å². The third kappa shape index (κ3) is 2.66. The molecule has 0 aliphatic heterocycles. The molecule has 0 radical (unpaired) electrons. The summed E-state index contributed by atoms with van der Waals surface area (Å²) >= 11 is 0. The van der Waals surface area contributed by atoms with E-state index in [4.69, 9.17) is 5.11 Å². The van der Waals surface area contributed by atoms with Crippen LogP contribution in [0.25, 0.3) is 0 Å². The zero-order valence-electron chi connectivity index (χ0n) is 8.76. The molecule has 1 aromatic rings. The van der Waals surface area contributed by atoms with Crippen molar-refractivity contribution in [2.45, 2.75) is 12.6 Å². The number of ether oxygens (including phenoxy) is 1. The summed E-state index contributed by atoms with van der Waals surface area (Å²) in [7, 11) is 0.969. The highest BCUT2D eigenvalue weighted by Crippen LogP contribution is 2.39. The van der Waals surface area contributed by atoms with Crippen LogP contribution in [0.3, 0.4) is 0 Å². The Labute approximate surface area is 97.0 Å². The average molecular weight is 271 g/mol. The van der Waals surface area contributed by atoms with E-state index in [1.165, 1.54) is 0 Å². The minimum Gasteiger partial charge on any atom is -0.481 e. The van der Waals surface area contributed by atoms with E-state index in [9.17, 15) is 26.7 Å². The highest BCUT2D eigenvalue weighted by atomic mass is 19.4. The van der Waals surface area contributed by atoms with Crippen molar-refractivity contribution >= 4 is 5.97 Å². The molecule has 1 aromatic heterocycles. The van der Waals surface area contributed by atoms with Gasteiger partial charge in [0.1, 0.15) is 0 Å². The molecule has 1 heterocycles. The number of halogens is 5. The molecule has 0 saturated carbocycles. The Hall–Kier alpha value is -1.93. The molecular formula is C9H6F5NO3. The molecule has 0 aromatic carbocycles. The molecular weight excluding hydrogens is 265 g/mol. The predicted molar refractivity (Wildman–Crippen MR) is 47.7 cm³/mol. The Bertz CT molecular complexity index is 472. The maximum atomic E-state index is 12.6. The van der Waals surface area contributed by atoms with Gasteiger partial charge in [-0.05, 0) is 0 Å². The van der Waals surface area contributed by atoms with Gasteiger partial charge in [0.25, 0.3) is 6.43 Å². The second-order valence-corrected chi connectivity index (χ2v) is 3.08. The highest BCUT2D eigenvalue weighted by Gasteiger charge is 2.41. The van der Waals surface area contributed by atoms with Crippen LogP contribution in [0.2, 0.25) is 0 Å². The highest BCUT2D eigenvalue weighted by molar-refractivity contribution is 5.88. The molecule has 0 aliphatic carbocycles. The Morgan fingerprint density at radius 1 is 1.44 bits per heavy atom. The van der Waals surface area contributed by atoms with E-state index in [2.05, 4.69) is 9.72 Å². The van der Waals surface area contributed by atoms with Gasteiger partial charge in [0.15, 0.2) is 5.69 Å². The molecule has 0 spiro atoms. The molecule has 0 atom stereocenters. The third-order valence-corrected chi connectivity index (χ3v) is 1.96. The summed E-state index contributed by atoms with van der Waals surface area (Å²) < 4.78 is 67.2. The molecule has 4 nitrogen and oxygen atoms in total. The van der Waals surface area contributed by atoms with Gasteiger partial charge in [-0.3, -0.25) is 0 Å². The molecule has 1 rings (SSSR count). The SMILES string of the molecule is COc1cc(C(F)F)c(C(F)(F)F)c(C(=O)O)n1. The van der Waals surface area contributed by atoms with Gasteiger partial charge < -0.3 is 9.84 Å². The van der Waals surface area contributed by atoms with Gasteiger partial charge >= 0.3 is 12.1 Å². The number of hydrogen-bond donors (Lipinski definition) is 1. The van der Waals surface area contributed by atoms with Crippen LogP contribution in [0.4, 0.5) is 22.0 Å². The molecule has 0 bridgehead atoms. The summed E-state index contributed by atoms with van der Waals surface area (Å²) in [6, 6.07) is 0.361. The number of carboxylic acid groups (broad SMARTS) is 1. The van der Waals surface area contributed by atoms with E-state index in [0.717, 1.165) is 7.11 Å². The van der Waals surface area contributed by atoms with E-state index in [0.29, 0.717) is 6.07 Å². The van der Waals surface area contributed by atoms with E-state index in [1.54, 1.807) is 0 Å². The van der Waals surface area contributed by atoms with Crippen molar-refractivity contribution in [2.75, 3.05) is 7.11 Å². The number of hydrogen-bond acceptors (Lipinski definition) is 3. The fourth-order valence-corrected chi connectivity index (χ4v) is 1.27. The number of pyridine rings is 1. The molecule has 0 unspecified atom stereocenters. The number of carbonyl (C=O) groups is 1. The van der Waals surface area contributed by atoms with Crippen molar-refractivity contribution in [1.82, 2.24) is 4.98 Å². The molecule has 0 aliphatic rings. The van der Waals surface area contributed by atoms with Gasteiger partial charge in [-0.25, -0.2) is 18.6 Å². The van der Waals surface area contributed by atoms with E-state index < -0.39 is 41.3 Å². The van der Waals surface area contributed by atoms with Crippen LogP contribution in [0, 0.1) is 0 Å². The lowest BCUT2D eigenvalue weighted by Gasteiger charge is -2.15. The first kappa shape index (κ1) is 14.1. The van der Waals surface area contributed by atoms with E-state index in [1.807, 2.05) is 0 Å². The average Bonchev–Trinajstić information content (AvgIpc) is 2.25. The molecule has 1 N–H and O–H groups in total. The predicted octanol–water partition coefficient (Wildman–Crippen LogP) is 2.74. The fourth-order valence-electron chi connectivity index (χ4n) is 1.27. The minimum atomic E-state index is -5.25. The second kappa shape index (κ2) is 4.75. The third-order valence-electron chi connectivity index (χ3n) is 1.96. The van der Waals surface area contributed by atoms with Crippen molar-refractivity contribution in [3.8, 4) is 5.88 Å². The molecule has 100 valence electrons. The number of methoxy groups -OCH3 is 1. The zero-order chi connectivity index (χ0) is 14.1. The summed E-state index contributed by atoms with van der Waals surface area (Å²) in [4.78, 5) is 13.7. The number of aromatic carboxylic acids is 1. The van der Waals surface area contributed by atoms with E-state index >= 15 is 0 Å². The molecule has 0 fully saturated rings. The van der Waals surface area contributed by atoms with Crippen LogP contribution in [-0.2, 0) is 6.18 Å². The number of alkyl halides is 5. The fraction of sp³-hybridized carbons (Fsp3) is 0.333. The Balaban J connectivity index is 3.67. The smallest absolute Gasteiger partial charge is 0.419 e. The summed E-state index contributed by atoms with van der Waals surface area (Å²) in [5, 5.41) is 8.59. The minimum absolute atomic E-state index is 0.361. The van der Waals surface area contributed by atoms with Gasteiger partial charge in [0.05, 0.1) is 12.7 Å². The number of aromatic nitrogens is 1. The van der Waals surface area contributed by atoms with Gasteiger partial charge in [-0.2, -0.15) is 13.2 Å². The van der Waals surface area contributed by atoms with Crippen LogP contribution in [0.15, 0.2) is 6.07 Å². The Kier molecular flexibility index (Phi) is 3.73. The first-order chi connectivity index (χ1) is 8.18. The lowest BCUT2D eigenvalue weighted by atomic mass is 10.1. The van der Waals surface area contributed by atoms with Crippen LogP contribution >= 0.6 is 0 Å². The topological polar surface area (TPSA) is 59.4 Å². The maximum absolute atomic E-state index is 12.6. The summed E-state index contributed by atoms with van der Waals surface area (Å²) in [5.41, 5.74) is -4.96. The second-order valence-electron chi connectivity index (χ2n) is 3.08. The largest absolute Gasteiger partial charge is 0.481 e. The van der Waals surface area contributed by atoms with Gasteiger partial charge in [0, 0.05) is 11.6 Å². The summed E-state index contributed by atoms with van der Waals surface area (Å²) in [5.74, 6) is -2.70. The summed E-state index contributed by atoms with van der Waals surface area (Å²) in [6.45, 7) is 0. The van der Waals surface area contributed by atoms with Crippen molar-refractivity contribution in [3.05, 3.63) is 22.9 Å². The van der Waals surface area contributed by atoms with Crippen LogP contribution < -0.4 is 4.74 Å². The zero-order valence-corrected chi connectivity index (χ0v) is 8.76. The van der Waals surface area contributed by atoms with E-state index in [-0.39, 0.29) is 0 Å². The molecule has 0 saturated heterocycles. The first-order valence-electron chi connectivity index (χ1n) is 4.36. The van der Waals surface area contributed by atoms with Gasteiger partial charge in [-0.15, -0.1) is 0 Å². The van der Waals surface area contributed by atoms with Crippen molar-refractivity contribution in [2.24, 2.45) is 0 Å². The monoisotopic (exact) mass is 271 g/mol. The maximum Gasteiger partial charge on any atom is 0.419 e. The lowest BCUT2D eigenvalue weighted by Crippen LogP contribution is -2.18. The van der Waals surface area contributed by atoms with Crippen molar-refractivity contribution < 1.29 is 36.6 Å². The Morgan fingerprint density at radius 2 is 2.00 bits per heavy atom. The summed E-state index contributed by atoms with van der Waals surface area (Å²) in [6.07, 6.45) is -8.75. The molecule has 18 heavy (non-hydrogen) atoms. The number of carboxylic acids is 1. The van der Waals surface area contributed by atoms with Crippen LogP contribution in [0.5, 0.6) is 5.88 Å². The quantitative estimate of drug-likeness (QED) is 0.859. The standard InChI is InChI=1S/C9H6F5NO3/c1-18-4-2-3(7(10)11)5(9(12,13)14)6(15-4)8(16)17/h2,7H,1H3,(H,16,17). The molecule has 9 heteroatoms. The Morgan fingerprint density at radius 3 is 2.33 bits per heavy atom. The number of nitrogens with zero attached hydrogens (tertiary/aromatic N) is 1. The van der Waals surface area contributed by atoms with Crippen molar-refractivity contribution in [3.63, 3.8) is 0 Å². The lowest BCUT2D eigenvalue weighted by molar-refractivity contribution is -0.140. The van der Waals surface area contributed by atoms with Gasteiger partial charge in [-0.1, -0.05) is 0 Å². The van der Waals surface area contributed by atoms with Gasteiger partial charge in [0.2, 0.25) is 5.88 Å². The number of rotatable bonds is 3. The van der Waals surface area contributed by atoms with Crippen LogP contribution in [0.1, 0.15) is 28.0 Å².